The van der Waals surface area contributed by atoms with Crippen molar-refractivity contribution in [2.75, 3.05) is 33.9 Å². The molecule has 1 N–H and O–H groups in total. The summed E-state index contributed by atoms with van der Waals surface area (Å²) >= 11 is 0. The second-order valence-corrected chi connectivity index (χ2v) is 9.83. The zero-order valence-corrected chi connectivity index (χ0v) is 17.7. The Morgan fingerprint density at radius 1 is 1.03 bits per heavy atom. The van der Waals surface area contributed by atoms with Gasteiger partial charge in [0, 0.05) is 24.7 Å². The lowest BCUT2D eigenvalue weighted by Crippen LogP contribution is -2.34. The van der Waals surface area contributed by atoms with Gasteiger partial charge < -0.3 is 10.2 Å². The van der Waals surface area contributed by atoms with Crippen molar-refractivity contribution in [3.63, 3.8) is 0 Å². The number of benzene rings is 2. The number of rotatable bonds is 4. The van der Waals surface area contributed by atoms with Crippen LogP contribution in [-0.4, -0.2) is 39.7 Å². The summed E-state index contributed by atoms with van der Waals surface area (Å²) in [5, 5.41) is 3.06. The van der Waals surface area contributed by atoms with E-state index in [4.69, 9.17) is 0 Å². The zero-order chi connectivity index (χ0) is 20.6. The number of piperidine rings is 1. The van der Waals surface area contributed by atoms with E-state index in [0.717, 1.165) is 30.0 Å². The van der Waals surface area contributed by atoms with Crippen molar-refractivity contribution in [1.29, 1.82) is 0 Å². The van der Waals surface area contributed by atoms with Crippen LogP contribution in [0.25, 0.3) is 0 Å². The fourth-order valence-corrected chi connectivity index (χ4v) is 5.70. The Morgan fingerprint density at radius 3 is 2.48 bits per heavy atom. The molecule has 2 aromatic carbocycles. The average Bonchev–Trinajstić information content (AvgIpc) is 3.04. The highest BCUT2D eigenvalue weighted by Crippen LogP contribution is 2.35. The molecule has 2 heterocycles. The lowest BCUT2D eigenvalue weighted by molar-refractivity contribution is 0.102. The SMILES string of the molecule is C[C@@H]1Cc2cc(C(=O)Nc3ccccc3N3CCCCC3)ccc2N1S(C)(=O)=O. The van der Waals surface area contributed by atoms with Gasteiger partial charge in [0.25, 0.3) is 5.91 Å². The number of amides is 1. The summed E-state index contributed by atoms with van der Waals surface area (Å²) in [7, 11) is -3.34. The predicted octanol–water partition coefficient (Wildman–Crippen LogP) is 3.64. The van der Waals surface area contributed by atoms with Gasteiger partial charge in [-0.25, -0.2) is 8.42 Å². The van der Waals surface area contributed by atoms with Crippen molar-refractivity contribution >= 4 is 33.0 Å². The molecule has 0 bridgehead atoms. The Bertz CT molecular complexity index is 1030. The molecule has 2 aromatic rings. The van der Waals surface area contributed by atoms with E-state index < -0.39 is 10.0 Å². The molecule has 0 saturated carbocycles. The summed E-state index contributed by atoms with van der Waals surface area (Å²) in [6.45, 7) is 3.89. The third-order valence-corrected chi connectivity index (χ3v) is 6.97. The van der Waals surface area contributed by atoms with Crippen LogP contribution >= 0.6 is 0 Å². The van der Waals surface area contributed by atoms with E-state index in [1.54, 1.807) is 12.1 Å². The van der Waals surface area contributed by atoms with Crippen LogP contribution in [0.5, 0.6) is 0 Å². The van der Waals surface area contributed by atoms with Crippen LogP contribution in [0.1, 0.15) is 42.1 Å². The summed E-state index contributed by atoms with van der Waals surface area (Å²) in [5.74, 6) is -0.178. The van der Waals surface area contributed by atoms with Gasteiger partial charge in [0.05, 0.1) is 23.3 Å². The third-order valence-electron chi connectivity index (χ3n) is 5.70. The highest BCUT2D eigenvalue weighted by Gasteiger charge is 2.32. The summed E-state index contributed by atoms with van der Waals surface area (Å²) < 4.78 is 25.6. The highest BCUT2D eigenvalue weighted by atomic mass is 32.2. The normalized spacial score (nSPS) is 19.2. The average molecular weight is 414 g/mol. The quantitative estimate of drug-likeness (QED) is 0.831. The fourth-order valence-electron chi connectivity index (χ4n) is 4.43. The zero-order valence-electron chi connectivity index (χ0n) is 16.9. The topological polar surface area (TPSA) is 69.7 Å². The second-order valence-electron chi connectivity index (χ2n) is 7.97. The van der Waals surface area contributed by atoms with Crippen molar-refractivity contribution < 1.29 is 13.2 Å². The third kappa shape index (κ3) is 3.96. The molecule has 154 valence electrons. The molecule has 0 spiro atoms. The van der Waals surface area contributed by atoms with E-state index in [-0.39, 0.29) is 11.9 Å². The first kappa shape index (κ1) is 19.8. The highest BCUT2D eigenvalue weighted by molar-refractivity contribution is 7.92. The van der Waals surface area contributed by atoms with Crippen LogP contribution < -0.4 is 14.5 Å². The first-order valence-electron chi connectivity index (χ1n) is 10.1. The maximum atomic E-state index is 12.9. The number of fused-ring (bicyclic) bond motifs is 1. The molecule has 0 unspecified atom stereocenters. The van der Waals surface area contributed by atoms with Crippen LogP contribution in [-0.2, 0) is 16.4 Å². The molecule has 1 saturated heterocycles. The molecule has 2 aliphatic heterocycles. The van der Waals surface area contributed by atoms with Crippen molar-refractivity contribution in [3.05, 3.63) is 53.6 Å². The Morgan fingerprint density at radius 2 is 1.76 bits per heavy atom. The van der Waals surface area contributed by atoms with E-state index in [1.807, 2.05) is 31.2 Å². The molecule has 0 radical (unpaired) electrons. The Balaban J connectivity index is 1.57. The second kappa shape index (κ2) is 7.71. The summed E-state index contributed by atoms with van der Waals surface area (Å²) in [4.78, 5) is 15.3. The molecule has 6 nitrogen and oxygen atoms in total. The van der Waals surface area contributed by atoms with Crippen molar-refractivity contribution in [3.8, 4) is 0 Å². The van der Waals surface area contributed by atoms with E-state index in [2.05, 4.69) is 16.3 Å². The molecular formula is C22H27N3O3S. The lowest BCUT2D eigenvalue weighted by atomic mass is 10.1. The van der Waals surface area contributed by atoms with Gasteiger partial charge in [0.1, 0.15) is 0 Å². The summed E-state index contributed by atoms with van der Waals surface area (Å²) in [6.07, 6.45) is 5.41. The minimum atomic E-state index is -3.34. The molecule has 29 heavy (non-hydrogen) atoms. The Labute approximate surface area is 172 Å². The smallest absolute Gasteiger partial charge is 0.255 e. The largest absolute Gasteiger partial charge is 0.370 e. The number of nitrogens with zero attached hydrogens (tertiary/aromatic N) is 2. The molecule has 7 heteroatoms. The van der Waals surface area contributed by atoms with Gasteiger partial charge in [-0.15, -0.1) is 0 Å². The maximum Gasteiger partial charge on any atom is 0.255 e. The minimum Gasteiger partial charge on any atom is -0.370 e. The van der Waals surface area contributed by atoms with Crippen LogP contribution in [0, 0.1) is 0 Å². The van der Waals surface area contributed by atoms with Crippen LogP contribution in [0.3, 0.4) is 0 Å². The molecule has 1 atom stereocenters. The number of anilines is 3. The van der Waals surface area contributed by atoms with Crippen LogP contribution in [0.4, 0.5) is 17.1 Å². The molecule has 1 amide bonds. The molecule has 2 aliphatic rings. The Hall–Kier alpha value is -2.54. The predicted molar refractivity (Wildman–Crippen MR) is 117 cm³/mol. The van der Waals surface area contributed by atoms with E-state index >= 15 is 0 Å². The first-order valence-corrected chi connectivity index (χ1v) is 12.0. The standard InChI is InChI=1S/C22H27N3O3S/c1-16-14-18-15-17(10-11-20(18)25(16)29(2,27)28)22(26)23-19-8-4-5-9-21(19)24-12-6-3-7-13-24/h4-5,8-11,15-16H,3,6-7,12-14H2,1-2H3,(H,23,26)/t16-/m1/s1. The number of carbonyl (C=O) groups excluding carboxylic acids is 1. The van der Waals surface area contributed by atoms with Gasteiger partial charge in [-0.1, -0.05) is 12.1 Å². The van der Waals surface area contributed by atoms with Gasteiger partial charge in [-0.3, -0.25) is 9.10 Å². The van der Waals surface area contributed by atoms with E-state index in [0.29, 0.717) is 17.7 Å². The monoisotopic (exact) mass is 413 g/mol. The molecular weight excluding hydrogens is 386 g/mol. The van der Waals surface area contributed by atoms with Crippen LogP contribution in [0.2, 0.25) is 0 Å². The maximum absolute atomic E-state index is 12.9. The minimum absolute atomic E-state index is 0.141. The van der Waals surface area contributed by atoms with Gasteiger partial charge in [0.15, 0.2) is 0 Å². The number of carbonyl (C=O) groups is 1. The fraction of sp³-hybridized carbons (Fsp3) is 0.409. The van der Waals surface area contributed by atoms with E-state index in [1.165, 1.54) is 29.8 Å². The molecule has 0 aliphatic carbocycles. The number of nitrogens with one attached hydrogen (secondary N) is 1. The van der Waals surface area contributed by atoms with Gasteiger partial charge in [-0.05, 0) is 68.5 Å². The van der Waals surface area contributed by atoms with E-state index in [9.17, 15) is 13.2 Å². The van der Waals surface area contributed by atoms with Crippen molar-refractivity contribution in [2.45, 2.75) is 38.6 Å². The molecule has 1 fully saturated rings. The van der Waals surface area contributed by atoms with Gasteiger partial charge in [-0.2, -0.15) is 0 Å². The molecule has 0 aromatic heterocycles. The number of para-hydroxylation sites is 2. The number of hydrogen-bond donors (Lipinski definition) is 1. The van der Waals surface area contributed by atoms with Crippen molar-refractivity contribution in [1.82, 2.24) is 0 Å². The number of sulfonamides is 1. The van der Waals surface area contributed by atoms with Crippen LogP contribution in [0.15, 0.2) is 42.5 Å². The summed E-state index contributed by atoms with van der Waals surface area (Å²) in [5.41, 5.74) is 3.97. The lowest BCUT2D eigenvalue weighted by Gasteiger charge is -2.30. The van der Waals surface area contributed by atoms with Gasteiger partial charge in [0.2, 0.25) is 10.0 Å². The first-order chi connectivity index (χ1) is 13.8. The van der Waals surface area contributed by atoms with Gasteiger partial charge >= 0.3 is 0 Å². The van der Waals surface area contributed by atoms with Crippen molar-refractivity contribution in [2.24, 2.45) is 0 Å². The molecule has 4 rings (SSSR count). The number of hydrogen-bond acceptors (Lipinski definition) is 4. The summed E-state index contributed by atoms with van der Waals surface area (Å²) in [6, 6.07) is 13.0. The Kier molecular flexibility index (Phi) is 5.25.